The predicted octanol–water partition coefficient (Wildman–Crippen LogP) is -3.03. The van der Waals surface area contributed by atoms with Crippen molar-refractivity contribution in [2.45, 2.75) is 49.2 Å². The summed E-state index contributed by atoms with van der Waals surface area (Å²) in [4.78, 5) is 99.1. The molecule has 6 amide bonds. The van der Waals surface area contributed by atoms with Gasteiger partial charge in [-0.1, -0.05) is 6.07 Å². The first-order valence-electron chi connectivity index (χ1n) is 15.5. The van der Waals surface area contributed by atoms with Gasteiger partial charge in [0.2, 0.25) is 41.2 Å². The number of imide groups is 1. The molecule has 20 nitrogen and oxygen atoms in total. The molecule has 1 aromatic carbocycles. The second kappa shape index (κ2) is 19.2. The Morgan fingerprint density at radius 3 is 2.55 bits per heavy atom. The van der Waals surface area contributed by atoms with E-state index in [1.54, 1.807) is 6.26 Å². The van der Waals surface area contributed by atoms with Crippen molar-refractivity contribution in [3.63, 3.8) is 0 Å². The molecule has 278 valence electrons. The molecule has 51 heavy (non-hydrogen) atoms. The van der Waals surface area contributed by atoms with Crippen LogP contribution in [-0.2, 0) is 59.2 Å². The highest BCUT2D eigenvalue weighted by Crippen LogP contribution is 2.30. The van der Waals surface area contributed by atoms with Gasteiger partial charge in [0.1, 0.15) is 31.0 Å². The van der Waals surface area contributed by atoms with E-state index in [4.69, 9.17) is 15.6 Å². The number of aliphatic carboxylic acids is 1. The van der Waals surface area contributed by atoms with Gasteiger partial charge in [-0.3, -0.25) is 38.5 Å². The Morgan fingerprint density at radius 1 is 1.16 bits per heavy atom. The maximum atomic E-state index is 13.2. The zero-order valence-electron chi connectivity index (χ0n) is 28.2. The molecule has 1 fully saturated rings. The molecular weight excluding hydrogens is 702 g/mol. The average Bonchev–Trinajstić information content (AvgIpc) is 3.37. The number of likely N-dealkylation sites (tertiary alicyclic amines) is 1. The van der Waals surface area contributed by atoms with E-state index in [2.05, 4.69) is 26.0 Å². The molecule has 2 unspecified atom stereocenters. The summed E-state index contributed by atoms with van der Waals surface area (Å²) in [7, 11) is 1.37. The molecule has 0 spiro atoms. The molecule has 2 heterocycles. The lowest BCUT2D eigenvalue weighted by atomic mass is 10.1. The summed E-state index contributed by atoms with van der Waals surface area (Å²) < 4.78 is 27.1. The number of benzene rings is 1. The van der Waals surface area contributed by atoms with E-state index in [1.807, 2.05) is 0 Å². The van der Waals surface area contributed by atoms with Gasteiger partial charge in [-0.2, -0.15) is 11.8 Å². The number of carboxylic acid groups (broad SMARTS) is 1. The fourth-order valence-corrected chi connectivity index (χ4v) is 5.19. The minimum Gasteiger partial charge on any atom is -0.475 e. The van der Waals surface area contributed by atoms with Crippen LogP contribution in [0.5, 0.6) is 5.75 Å². The molecule has 1 saturated heterocycles. The summed E-state index contributed by atoms with van der Waals surface area (Å²) in [6.45, 7) is -2.24. The van der Waals surface area contributed by atoms with Crippen LogP contribution in [0.1, 0.15) is 19.8 Å². The quantitative estimate of drug-likeness (QED) is 0.0582. The summed E-state index contributed by atoms with van der Waals surface area (Å²) in [5.41, 5.74) is 0.0580. The number of carbonyl (C=O) groups excluding carboxylic acids is 7. The Kier molecular flexibility index (Phi) is 14.5. The Morgan fingerprint density at radius 2 is 1.90 bits per heavy atom. The van der Waals surface area contributed by atoms with E-state index in [-0.39, 0.29) is 36.4 Å². The maximum Gasteiger partial charge on any atom is 0.371 e. The smallest absolute Gasteiger partial charge is 0.371 e. The van der Waals surface area contributed by atoms with E-state index >= 15 is 0 Å². The number of ether oxygens (including phenoxy) is 4. The molecule has 0 radical (unpaired) electrons. The normalized spacial score (nSPS) is 20.6. The summed E-state index contributed by atoms with van der Waals surface area (Å²) in [5, 5.41) is 38.5. The number of anilines is 1. The van der Waals surface area contributed by atoms with Gasteiger partial charge in [0.25, 0.3) is 12.7 Å². The van der Waals surface area contributed by atoms with E-state index in [9.17, 15) is 53.7 Å². The van der Waals surface area contributed by atoms with Crippen LogP contribution in [0.4, 0.5) is 5.69 Å². The van der Waals surface area contributed by atoms with Crippen molar-refractivity contribution in [2.75, 3.05) is 44.9 Å². The van der Waals surface area contributed by atoms with Gasteiger partial charge in [-0.15, -0.1) is 0 Å². The molecule has 2 aliphatic heterocycles. The van der Waals surface area contributed by atoms with Crippen LogP contribution in [-0.4, -0.2) is 137 Å². The molecule has 3 rings (SSSR count). The molecule has 0 aliphatic carbocycles. The maximum absolute atomic E-state index is 13.2. The SMILES string of the molecule is [2H]C(=O)OCc1ccc(O[C@@H]2OC(C(=O)O)=C[C@H](O)[C@H]2O)c(NC(=O)CNC(=O)C(CNC(=O)CCOC)NC(=O)CN2C(=O)CC(SC)C2=O)c1. The number of hydrogen-bond donors (Lipinski definition) is 7. The minimum atomic E-state index is -1.78. The van der Waals surface area contributed by atoms with E-state index in [1.165, 1.54) is 25.3 Å². The first-order valence-corrected chi connectivity index (χ1v) is 16.3. The molecule has 2 aliphatic rings. The van der Waals surface area contributed by atoms with Crippen molar-refractivity contribution < 1.29 is 74.0 Å². The van der Waals surface area contributed by atoms with E-state index < -0.39 is 110 Å². The second-order valence-electron chi connectivity index (χ2n) is 10.8. The number of rotatable bonds is 18. The van der Waals surface area contributed by atoms with E-state index in [0.717, 1.165) is 22.7 Å². The lowest BCUT2D eigenvalue weighted by Gasteiger charge is -2.31. The van der Waals surface area contributed by atoms with Crippen LogP contribution in [0.2, 0.25) is 0 Å². The van der Waals surface area contributed by atoms with Gasteiger partial charge < -0.3 is 55.5 Å². The number of thioether (sulfide) groups is 1. The topological polar surface area (TPSA) is 286 Å². The monoisotopic (exact) mass is 740 g/mol. The van der Waals surface area contributed by atoms with Gasteiger partial charge in [-0.05, 0) is 30.0 Å². The highest BCUT2D eigenvalue weighted by Gasteiger charge is 2.40. The highest BCUT2D eigenvalue weighted by molar-refractivity contribution is 8.00. The summed E-state index contributed by atoms with van der Waals surface area (Å²) in [5.74, 6) is -6.96. The van der Waals surface area contributed by atoms with Gasteiger partial charge in [0.05, 0.1) is 24.1 Å². The molecule has 21 heteroatoms. The lowest BCUT2D eigenvalue weighted by Crippen LogP contribution is -2.55. The second-order valence-corrected chi connectivity index (χ2v) is 11.8. The third-order valence-corrected chi connectivity index (χ3v) is 8.10. The van der Waals surface area contributed by atoms with Crippen molar-refractivity contribution in [3.8, 4) is 5.75 Å². The number of carbonyl (C=O) groups is 8. The van der Waals surface area contributed by atoms with Crippen molar-refractivity contribution in [1.29, 1.82) is 0 Å². The molecule has 5 atom stereocenters. The van der Waals surface area contributed by atoms with Gasteiger partial charge >= 0.3 is 5.97 Å². The minimum absolute atomic E-state index is 0.0628. The third kappa shape index (κ3) is 11.7. The van der Waals surface area contributed by atoms with Crippen LogP contribution in [0.3, 0.4) is 0 Å². The van der Waals surface area contributed by atoms with Gasteiger partial charge in [0.15, 0.2) is 7.47 Å². The Bertz CT molecular complexity index is 1590. The summed E-state index contributed by atoms with van der Waals surface area (Å²) >= 11 is 1.15. The molecule has 0 aromatic heterocycles. The molecular formula is C30H37N5O15S. The standard InChI is InChI=1S/C30H37N5O15S/c1-47-6-5-22(38)31-10-17(34-24(40)12-35-25(41)9-21(51-2)28(35)44)27(43)32-11-23(39)33-16-7-15(13-48-14-36)3-4-19(16)49-30-26(42)18(37)8-20(50-30)29(45)46/h3-4,7-8,14,17-18,21,26,30,37,42H,5-6,9-13H2,1-2H3,(H,31,38)(H,32,43)(H,33,39)(H,34,40)(H,45,46)/t17?,18-,21?,26+,30+/m0/s1/i14D. The number of nitrogens with one attached hydrogen (secondary N) is 4. The molecule has 1 aromatic rings. The number of aliphatic hydroxyl groups excluding tert-OH is 2. The molecule has 0 saturated carbocycles. The fraction of sp³-hybridized carbons (Fsp3) is 0.467. The molecule has 7 N–H and O–H groups in total. The first kappa shape index (κ1) is 38.6. The zero-order valence-corrected chi connectivity index (χ0v) is 28.1. The largest absolute Gasteiger partial charge is 0.475 e. The molecule has 0 bridgehead atoms. The van der Waals surface area contributed by atoms with Crippen molar-refractivity contribution in [3.05, 3.63) is 35.6 Å². The predicted molar refractivity (Wildman–Crippen MR) is 172 cm³/mol. The summed E-state index contributed by atoms with van der Waals surface area (Å²) in [6, 6.07) is 2.32. The van der Waals surface area contributed by atoms with Crippen molar-refractivity contribution >= 4 is 65.3 Å². The number of methoxy groups -OCH3 is 1. The number of carboxylic acids is 1. The number of amides is 6. The van der Waals surface area contributed by atoms with Crippen LogP contribution >= 0.6 is 11.8 Å². The van der Waals surface area contributed by atoms with Gasteiger partial charge in [0, 0.05) is 26.5 Å². The highest BCUT2D eigenvalue weighted by atomic mass is 32.2. The zero-order chi connectivity index (χ0) is 38.5. The average molecular weight is 741 g/mol. The van der Waals surface area contributed by atoms with Crippen LogP contribution in [0.25, 0.3) is 0 Å². The number of aliphatic hydroxyl groups is 2. The van der Waals surface area contributed by atoms with Crippen molar-refractivity contribution in [1.82, 2.24) is 20.9 Å². The van der Waals surface area contributed by atoms with Crippen LogP contribution < -0.4 is 26.0 Å². The fourth-order valence-electron chi connectivity index (χ4n) is 4.55. The van der Waals surface area contributed by atoms with Crippen molar-refractivity contribution in [2.24, 2.45) is 0 Å². The Balaban J connectivity index is 1.73. The van der Waals surface area contributed by atoms with E-state index in [0.29, 0.717) is 0 Å². The summed E-state index contributed by atoms with van der Waals surface area (Å²) in [6.07, 6.45) is -4.38. The lowest BCUT2D eigenvalue weighted by molar-refractivity contribution is -0.172. The number of nitrogens with zero attached hydrogens (tertiary/aromatic N) is 1. The van der Waals surface area contributed by atoms with Gasteiger partial charge in [-0.25, -0.2) is 4.79 Å². The van der Waals surface area contributed by atoms with Crippen LogP contribution in [0.15, 0.2) is 30.0 Å². The Hall–Kier alpha value is -5.25. The first-order chi connectivity index (χ1) is 24.6. The van der Waals surface area contributed by atoms with Crippen LogP contribution in [0, 0.1) is 0 Å². The Labute approximate surface area is 295 Å². The third-order valence-electron chi connectivity index (χ3n) is 7.16. The number of hydrogen-bond acceptors (Lipinski definition) is 15.